The minimum Gasteiger partial charge on any atom is -0.263 e. The van der Waals surface area contributed by atoms with E-state index in [1.165, 1.54) is 0 Å². The minimum atomic E-state index is 0.665. The summed E-state index contributed by atoms with van der Waals surface area (Å²) in [6.45, 7) is 7.26. The predicted octanol–water partition coefficient (Wildman–Crippen LogP) is 1.66. The summed E-state index contributed by atoms with van der Waals surface area (Å²) >= 11 is 0. The molecule has 0 rings (SSSR count). The Labute approximate surface area is 57.6 Å². The third kappa shape index (κ3) is 5.08. The van der Waals surface area contributed by atoms with E-state index < -0.39 is 0 Å². The van der Waals surface area contributed by atoms with Crippen LogP contribution in [0, 0.1) is 0 Å². The molecular formula is C7H10BN. The summed E-state index contributed by atoms with van der Waals surface area (Å²) in [6, 6.07) is 0. The molecule has 46 valence electrons. The molecule has 9 heavy (non-hydrogen) atoms. The molecule has 1 nitrogen and oxygen atoms in total. The number of aliphatic imine (C=N–C) groups is 1. The normalized spacial score (nSPS) is 12.4. The van der Waals surface area contributed by atoms with E-state index in [2.05, 4.69) is 11.6 Å². The fraction of sp³-hybridized carbons (Fsp3) is 0.286. The van der Waals surface area contributed by atoms with Crippen molar-refractivity contribution in [2.75, 3.05) is 0 Å². The number of allylic oxidation sites excluding steroid dienone is 3. The Kier molecular flexibility index (Phi) is 3.77. The van der Waals surface area contributed by atoms with E-state index in [0.717, 1.165) is 5.70 Å². The van der Waals surface area contributed by atoms with Crippen LogP contribution >= 0.6 is 0 Å². The molecule has 2 heteroatoms. The summed E-state index contributed by atoms with van der Waals surface area (Å²) < 4.78 is 0. The van der Waals surface area contributed by atoms with Gasteiger partial charge in [-0.15, -0.1) is 0 Å². The van der Waals surface area contributed by atoms with Crippen LogP contribution in [0.5, 0.6) is 0 Å². The number of hydrogen-bond donors (Lipinski definition) is 0. The number of hydrogen-bond acceptors (Lipinski definition) is 1. The van der Waals surface area contributed by atoms with Crippen molar-refractivity contribution in [3.63, 3.8) is 0 Å². The van der Waals surface area contributed by atoms with E-state index >= 15 is 0 Å². The second-order valence-electron chi connectivity index (χ2n) is 1.78. The van der Waals surface area contributed by atoms with Gasteiger partial charge in [0.1, 0.15) is 7.85 Å². The van der Waals surface area contributed by atoms with Gasteiger partial charge < -0.3 is 0 Å². The van der Waals surface area contributed by atoms with Crippen molar-refractivity contribution < 1.29 is 0 Å². The van der Waals surface area contributed by atoms with E-state index in [-0.39, 0.29) is 0 Å². The van der Waals surface area contributed by atoms with Gasteiger partial charge in [-0.1, -0.05) is 18.1 Å². The molecule has 0 heterocycles. The second-order valence-corrected chi connectivity index (χ2v) is 1.78. The highest BCUT2D eigenvalue weighted by Crippen LogP contribution is 1.88. The van der Waals surface area contributed by atoms with Crippen molar-refractivity contribution in [2.45, 2.75) is 13.8 Å². The summed E-state index contributed by atoms with van der Waals surface area (Å²) in [6.07, 6.45) is 3.37. The van der Waals surface area contributed by atoms with Gasteiger partial charge in [0.25, 0.3) is 0 Å². The molecule has 0 fully saturated rings. The Morgan fingerprint density at radius 2 is 2.22 bits per heavy atom. The van der Waals surface area contributed by atoms with E-state index in [1.54, 1.807) is 12.3 Å². The lowest BCUT2D eigenvalue weighted by Crippen LogP contribution is -1.81. The lowest BCUT2D eigenvalue weighted by atomic mass is 9.97. The Morgan fingerprint density at radius 1 is 1.67 bits per heavy atom. The molecule has 0 unspecified atom stereocenters. The lowest BCUT2D eigenvalue weighted by Gasteiger charge is -1.87. The van der Waals surface area contributed by atoms with Crippen LogP contribution in [-0.2, 0) is 0 Å². The number of rotatable bonds is 2. The largest absolute Gasteiger partial charge is 0.263 e. The fourth-order valence-electron chi connectivity index (χ4n) is 0.259. The van der Waals surface area contributed by atoms with Gasteiger partial charge in [0.15, 0.2) is 0 Å². The van der Waals surface area contributed by atoms with Gasteiger partial charge in [-0.2, -0.15) is 0 Å². The van der Waals surface area contributed by atoms with Gasteiger partial charge in [-0.05, 0) is 13.8 Å². The topological polar surface area (TPSA) is 12.4 Å². The average Bonchev–Trinajstić information content (AvgIpc) is 1.83. The second kappa shape index (κ2) is 4.13. The molecule has 0 saturated carbocycles. The van der Waals surface area contributed by atoms with Crippen LogP contribution in [-0.4, -0.2) is 14.1 Å². The third-order valence-electron chi connectivity index (χ3n) is 0.767. The standard InChI is InChI=1S/C7H10BN/c1-4-7(8)5-9-6(2)3/h4-5H,2H2,1,3H3/b7-4+,9-5?. The number of nitrogens with zero attached hydrogens (tertiary/aromatic N) is 1. The fourth-order valence-corrected chi connectivity index (χ4v) is 0.259. The highest BCUT2D eigenvalue weighted by Gasteiger charge is 1.76. The van der Waals surface area contributed by atoms with Gasteiger partial charge in [0, 0.05) is 11.9 Å². The molecule has 0 aromatic heterocycles. The maximum absolute atomic E-state index is 5.39. The zero-order valence-electron chi connectivity index (χ0n) is 5.89. The van der Waals surface area contributed by atoms with Gasteiger partial charge in [0.05, 0.1) is 0 Å². The summed E-state index contributed by atoms with van der Waals surface area (Å²) in [5.74, 6) is 0. The van der Waals surface area contributed by atoms with Gasteiger partial charge in [-0.25, -0.2) is 0 Å². The molecule has 0 amide bonds. The third-order valence-corrected chi connectivity index (χ3v) is 0.767. The molecule has 0 aromatic rings. The summed E-state index contributed by atoms with van der Waals surface area (Å²) in [4.78, 5) is 3.88. The van der Waals surface area contributed by atoms with Gasteiger partial charge >= 0.3 is 0 Å². The smallest absolute Gasteiger partial charge is 0.115 e. The van der Waals surface area contributed by atoms with Crippen molar-refractivity contribution in [1.82, 2.24) is 0 Å². The molecule has 0 N–H and O–H groups in total. The molecule has 0 aromatic carbocycles. The predicted molar refractivity (Wildman–Crippen MR) is 42.8 cm³/mol. The minimum absolute atomic E-state index is 0.665. The highest BCUT2D eigenvalue weighted by molar-refractivity contribution is 6.32. The van der Waals surface area contributed by atoms with Crippen LogP contribution < -0.4 is 0 Å². The van der Waals surface area contributed by atoms with E-state index in [0.29, 0.717) is 5.47 Å². The van der Waals surface area contributed by atoms with Crippen LogP contribution in [0.2, 0.25) is 0 Å². The van der Waals surface area contributed by atoms with E-state index in [1.807, 2.05) is 13.8 Å². The van der Waals surface area contributed by atoms with Crippen LogP contribution in [0.15, 0.2) is 28.8 Å². The zero-order chi connectivity index (χ0) is 7.28. The van der Waals surface area contributed by atoms with Crippen LogP contribution in [0.3, 0.4) is 0 Å². The Bertz CT molecular complexity index is 156. The van der Waals surface area contributed by atoms with Crippen molar-refractivity contribution in [3.8, 4) is 0 Å². The van der Waals surface area contributed by atoms with Crippen LogP contribution in [0.25, 0.3) is 0 Å². The lowest BCUT2D eigenvalue weighted by molar-refractivity contribution is 1.34. The quantitative estimate of drug-likeness (QED) is 0.387. The Hall–Kier alpha value is -0.785. The van der Waals surface area contributed by atoms with E-state index in [4.69, 9.17) is 7.85 Å². The van der Waals surface area contributed by atoms with Crippen molar-refractivity contribution in [3.05, 3.63) is 23.8 Å². The van der Waals surface area contributed by atoms with Crippen LogP contribution in [0.4, 0.5) is 0 Å². The first-order valence-corrected chi connectivity index (χ1v) is 2.78. The molecule has 0 saturated heterocycles. The first-order valence-electron chi connectivity index (χ1n) is 2.78. The van der Waals surface area contributed by atoms with E-state index in [9.17, 15) is 0 Å². The first-order chi connectivity index (χ1) is 4.16. The Morgan fingerprint density at radius 3 is 2.56 bits per heavy atom. The average molecular weight is 119 g/mol. The van der Waals surface area contributed by atoms with Crippen molar-refractivity contribution in [2.24, 2.45) is 4.99 Å². The molecule has 0 bridgehead atoms. The van der Waals surface area contributed by atoms with Gasteiger partial charge in [0.2, 0.25) is 0 Å². The maximum Gasteiger partial charge on any atom is 0.115 e. The molecule has 0 aliphatic heterocycles. The molecule has 0 spiro atoms. The monoisotopic (exact) mass is 119 g/mol. The molecule has 2 radical (unpaired) electrons. The van der Waals surface area contributed by atoms with Crippen molar-refractivity contribution in [1.29, 1.82) is 0 Å². The SMILES string of the molecule is [B]/C(C=NC(=C)C)=C/C. The molecular weight excluding hydrogens is 109 g/mol. The summed E-state index contributed by atoms with van der Waals surface area (Å²) in [7, 11) is 5.39. The summed E-state index contributed by atoms with van der Waals surface area (Å²) in [5.41, 5.74) is 1.43. The summed E-state index contributed by atoms with van der Waals surface area (Å²) in [5, 5.41) is 0. The highest BCUT2D eigenvalue weighted by atomic mass is 14.7. The first kappa shape index (κ1) is 8.21. The molecule has 0 atom stereocenters. The molecule has 0 aliphatic rings. The molecule has 0 aliphatic carbocycles. The zero-order valence-corrected chi connectivity index (χ0v) is 5.89. The van der Waals surface area contributed by atoms with Crippen molar-refractivity contribution >= 4 is 14.1 Å². The van der Waals surface area contributed by atoms with Crippen LogP contribution in [0.1, 0.15) is 13.8 Å². The van der Waals surface area contributed by atoms with Gasteiger partial charge in [-0.3, -0.25) is 4.99 Å². The Balaban J connectivity index is 3.86. The maximum atomic E-state index is 5.39.